The number of hydrogen-bond acceptors (Lipinski definition) is 5. The highest BCUT2D eigenvalue weighted by atomic mass is 79.9. The number of ether oxygens (including phenoxy) is 1. The Kier molecular flexibility index (Phi) is 8.36. The molecule has 1 saturated heterocycles. The summed E-state index contributed by atoms with van der Waals surface area (Å²) in [5, 5.41) is 9.66. The third-order valence-electron chi connectivity index (χ3n) is 6.23. The number of sulfonamides is 1. The third kappa shape index (κ3) is 6.37. The number of rotatable bonds is 10. The summed E-state index contributed by atoms with van der Waals surface area (Å²) < 4.78 is 36.0. The fourth-order valence-corrected chi connectivity index (χ4v) is 6.42. The van der Waals surface area contributed by atoms with Crippen molar-refractivity contribution in [3.63, 3.8) is 0 Å². The number of aryl methyl sites for hydroxylation is 1. The van der Waals surface area contributed by atoms with Gasteiger partial charge < -0.3 is 9.84 Å². The van der Waals surface area contributed by atoms with E-state index in [4.69, 9.17) is 4.74 Å². The maximum Gasteiger partial charge on any atom is 0.264 e. The number of phenols is 1. The topological polar surface area (TPSA) is 70.1 Å². The molecule has 0 aromatic heterocycles. The molecule has 4 rings (SSSR count). The lowest BCUT2D eigenvalue weighted by Crippen LogP contribution is -2.31. The highest BCUT2D eigenvalue weighted by molar-refractivity contribution is 9.10. The molecule has 3 aromatic rings. The Labute approximate surface area is 216 Å². The predicted molar refractivity (Wildman–Crippen MR) is 143 cm³/mol. The van der Waals surface area contributed by atoms with Crippen molar-refractivity contribution >= 4 is 31.6 Å². The second kappa shape index (κ2) is 11.5. The minimum atomic E-state index is -3.86. The average molecular weight is 560 g/mol. The maximum absolute atomic E-state index is 13.9. The largest absolute Gasteiger partial charge is 0.508 e. The van der Waals surface area contributed by atoms with E-state index in [1.54, 1.807) is 48.5 Å². The van der Waals surface area contributed by atoms with Gasteiger partial charge in [-0.3, -0.25) is 9.21 Å². The number of benzene rings is 3. The van der Waals surface area contributed by atoms with Gasteiger partial charge in [0.05, 0.1) is 17.1 Å². The van der Waals surface area contributed by atoms with Crippen LogP contribution in [0.25, 0.3) is 0 Å². The summed E-state index contributed by atoms with van der Waals surface area (Å²) in [6.45, 7) is 5.83. The molecule has 35 heavy (non-hydrogen) atoms. The van der Waals surface area contributed by atoms with Crippen molar-refractivity contribution < 1.29 is 18.3 Å². The van der Waals surface area contributed by atoms with Crippen molar-refractivity contribution in [3.05, 3.63) is 82.3 Å². The first kappa shape index (κ1) is 25.5. The number of aromatic hydroxyl groups is 1. The molecule has 0 atom stereocenters. The molecule has 1 aliphatic rings. The van der Waals surface area contributed by atoms with Crippen LogP contribution in [0.2, 0.25) is 0 Å². The third-order valence-corrected chi connectivity index (χ3v) is 8.60. The van der Waals surface area contributed by atoms with E-state index in [1.165, 1.54) is 17.1 Å². The number of nitrogens with zero attached hydrogens (tertiary/aromatic N) is 2. The standard InChI is InChI=1S/C27H31BrN2O4S/c1-2-22-19-23(28)7-14-27(22)35(32,33)30(20-21-5-10-25(31)11-6-21)24-8-12-26(13-9-24)34-18-17-29-15-3-4-16-29/h5-14,19,31H,2-4,15-18,20H2,1H3. The summed E-state index contributed by atoms with van der Waals surface area (Å²) in [5.74, 6) is 0.854. The molecular formula is C27H31BrN2O4S. The molecule has 0 saturated carbocycles. The highest BCUT2D eigenvalue weighted by Crippen LogP contribution is 2.31. The van der Waals surface area contributed by atoms with Gasteiger partial charge in [0.1, 0.15) is 18.1 Å². The molecule has 0 radical (unpaired) electrons. The molecule has 1 fully saturated rings. The van der Waals surface area contributed by atoms with Crippen LogP contribution in [0.3, 0.4) is 0 Å². The lowest BCUT2D eigenvalue weighted by atomic mass is 10.2. The van der Waals surface area contributed by atoms with Crippen molar-refractivity contribution in [3.8, 4) is 11.5 Å². The molecule has 0 amide bonds. The SMILES string of the molecule is CCc1cc(Br)ccc1S(=O)(=O)N(Cc1ccc(O)cc1)c1ccc(OCCN2CCCC2)cc1. The molecule has 0 unspecified atom stereocenters. The lowest BCUT2D eigenvalue weighted by Gasteiger charge is -2.26. The van der Waals surface area contributed by atoms with Crippen LogP contribution < -0.4 is 9.04 Å². The van der Waals surface area contributed by atoms with Gasteiger partial charge in [-0.2, -0.15) is 0 Å². The fourth-order valence-electron chi connectivity index (χ4n) is 4.28. The van der Waals surface area contributed by atoms with E-state index in [2.05, 4.69) is 20.8 Å². The van der Waals surface area contributed by atoms with Crippen LogP contribution in [0, 0.1) is 0 Å². The van der Waals surface area contributed by atoms with Gasteiger partial charge in [0.25, 0.3) is 10.0 Å². The zero-order valence-electron chi connectivity index (χ0n) is 19.9. The van der Waals surface area contributed by atoms with Gasteiger partial charge in [0.15, 0.2) is 0 Å². The molecule has 3 aromatic carbocycles. The average Bonchev–Trinajstić information content (AvgIpc) is 3.37. The van der Waals surface area contributed by atoms with Crippen LogP contribution in [0.5, 0.6) is 11.5 Å². The smallest absolute Gasteiger partial charge is 0.264 e. The Morgan fingerprint density at radius 3 is 2.34 bits per heavy atom. The van der Waals surface area contributed by atoms with Gasteiger partial charge >= 0.3 is 0 Å². The highest BCUT2D eigenvalue weighted by Gasteiger charge is 2.27. The first-order valence-electron chi connectivity index (χ1n) is 11.9. The quantitative estimate of drug-likeness (QED) is 0.351. The molecule has 186 valence electrons. The predicted octanol–water partition coefficient (Wildman–Crippen LogP) is 5.59. The van der Waals surface area contributed by atoms with Gasteiger partial charge in [-0.15, -0.1) is 0 Å². The summed E-state index contributed by atoms with van der Waals surface area (Å²) in [5.41, 5.74) is 2.07. The van der Waals surface area contributed by atoms with Crippen LogP contribution >= 0.6 is 15.9 Å². The van der Waals surface area contributed by atoms with Crippen molar-refractivity contribution in [2.24, 2.45) is 0 Å². The number of halogens is 1. The molecular weight excluding hydrogens is 528 g/mol. The monoisotopic (exact) mass is 558 g/mol. The van der Waals surface area contributed by atoms with Crippen molar-refractivity contribution in [2.45, 2.75) is 37.6 Å². The Morgan fingerprint density at radius 1 is 1.00 bits per heavy atom. The van der Waals surface area contributed by atoms with Crippen LogP contribution in [0.15, 0.2) is 76.1 Å². The first-order valence-corrected chi connectivity index (χ1v) is 14.1. The number of phenolic OH excluding ortho intramolecular Hbond substituents is 1. The molecule has 6 nitrogen and oxygen atoms in total. The molecule has 0 spiro atoms. The van der Waals surface area contributed by atoms with E-state index in [0.29, 0.717) is 24.5 Å². The summed E-state index contributed by atoms with van der Waals surface area (Å²) >= 11 is 3.45. The first-order chi connectivity index (χ1) is 16.9. The van der Waals surface area contributed by atoms with Gasteiger partial charge in [-0.05, 0) is 98.1 Å². The maximum atomic E-state index is 13.9. The van der Waals surface area contributed by atoms with Crippen LogP contribution in [0.1, 0.15) is 30.9 Å². The van der Waals surface area contributed by atoms with E-state index in [0.717, 1.165) is 35.2 Å². The summed E-state index contributed by atoms with van der Waals surface area (Å²) in [7, 11) is -3.86. The molecule has 1 heterocycles. The fraction of sp³-hybridized carbons (Fsp3) is 0.333. The Balaban J connectivity index is 1.61. The molecule has 1 aliphatic heterocycles. The van der Waals surface area contributed by atoms with Gasteiger partial charge in [0, 0.05) is 11.0 Å². The van der Waals surface area contributed by atoms with E-state index in [9.17, 15) is 13.5 Å². The number of likely N-dealkylation sites (tertiary alicyclic amines) is 1. The summed E-state index contributed by atoms with van der Waals surface area (Å²) in [4.78, 5) is 2.68. The molecule has 0 aliphatic carbocycles. The van der Waals surface area contributed by atoms with Crippen molar-refractivity contribution in [2.75, 3.05) is 30.5 Å². The minimum Gasteiger partial charge on any atom is -0.508 e. The van der Waals surface area contributed by atoms with Gasteiger partial charge in [-0.25, -0.2) is 8.42 Å². The summed E-state index contributed by atoms with van der Waals surface area (Å²) in [6, 6.07) is 19.1. The van der Waals surface area contributed by atoms with Crippen LogP contribution in [0.4, 0.5) is 5.69 Å². The summed E-state index contributed by atoms with van der Waals surface area (Å²) in [6.07, 6.45) is 3.08. The van der Waals surface area contributed by atoms with E-state index in [-0.39, 0.29) is 17.2 Å². The van der Waals surface area contributed by atoms with Crippen LogP contribution in [-0.4, -0.2) is 44.7 Å². The van der Waals surface area contributed by atoms with E-state index in [1.807, 2.05) is 25.1 Å². The molecule has 0 bridgehead atoms. The van der Waals surface area contributed by atoms with Crippen LogP contribution in [-0.2, 0) is 23.0 Å². The lowest BCUT2D eigenvalue weighted by molar-refractivity contribution is 0.238. The number of hydrogen-bond donors (Lipinski definition) is 1. The minimum absolute atomic E-state index is 0.136. The van der Waals surface area contributed by atoms with Gasteiger partial charge in [0.2, 0.25) is 0 Å². The number of anilines is 1. The normalized spacial score (nSPS) is 14.2. The zero-order chi connectivity index (χ0) is 24.8. The van der Waals surface area contributed by atoms with Crippen molar-refractivity contribution in [1.29, 1.82) is 0 Å². The Bertz CT molecular complexity index is 1230. The second-order valence-electron chi connectivity index (χ2n) is 8.67. The molecule has 8 heteroatoms. The van der Waals surface area contributed by atoms with E-state index >= 15 is 0 Å². The van der Waals surface area contributed by atoms with E-state index < -0.39 is 10.0 Å². The van der Waals surface area contributed by atoms with Crippen molar-refractivity contribution in [1.82, 2.24) is 4.90 Å². The zero-order valence-corrected chi connectivity index (χ0v) is 22.3. The Hall–Kier alpha value is -2.55. The second-order valence-corrected chi connectivity index (χ2v) is 11.4. The van der Waals surface area contributed by atoms with Gasteiger partial charge in [-0.1, -0.05) is 35.0 Å². The Morgan fingerprint density at radius 2 is 1.69 bits per heavy atom. The molecule has 1 N–H and O–H groups in total.